The Labute approximate surface area is 174 Å². The molecule has 1 saturated carbocycles. The molecule has 1 aliphatic rings. The molecule has 0 radical (unpaired) electrons. The average molecular weight is 464 g/mol. The summed E-state index contributed by atoms with van der Waals surface area (Å²) in [5, 5.41) is 15.3. The summed E-state index contributed by atoms with van der Waals surface area (Å²) in [5.74, 6) is -0.313. The van der Waals surface area contributed by atoms with Crippen molar-refractivity contribution in [2.45, 2.75) is 44.2 Å². The second-order valence-electron chi connectivity index (χ2n) is 7.15. The molecule has 0 spiro atoms. The summed E-state index contributed by atoms with van der Waals surface area (Å²) in [6.45, 7) is 0.186. The van der Waals surface area contributed by atoms with Crippen molar-refractivity contribution >= 4 is 27.3 Å². The Balaban J connectivity index is 1.72. The van der Waals surface area contributed by atoms with Crippen molar-refractivity contribution in [1.82, 2.24) is 14.8 Å². The largest absolute Gasteiger partial charge is 0.388 e. The minimum Gasteiger partial charge on any atom is -0.388 e. The number of hydrogen-bond donors (Lipinski definition) is 1. The zero-order valence-electron chi connectivity index (χ0n) is 15.1. The molecule has 1 N–H and O–H groups in total. The number of nitrogens with zero attached hydrogens (tertiary/aromatic N) is 3. The fourth-order valence-corrected chi connectivity index (χ4v) is 5.04. The molecule has 0 unspecified atom stereocenters. The Morgan fingerprint density at radius 1 is 1.14 bits per heavy atom. The van der Waals surface area contributed by atoms with E-state index in [4.69, 9.17) is 0 Å². The summed E-state index contributed by atoms with van der Waals surface area (Å²) in [5.41, 5.74) is 0.910. The van der Waals surface area contributed by atoms with E-state index >= 15 is 0 Å². The quantitative estimate of drug-likeness (QED) is 0.612. The molecule has 1 aliphatic carbocycles. The lowest BCUT2D eigenvalue weighted by atomic mass is 9.85. The van der Waals surface area contributed by atoms with E-state index in [-0.39, 0.29) is 17.9 Å². The molecule has 0 atom stereocenters. The molecule has 146 valence electrons. The first-order valence-corrected chi connectivity index (χ1v) is 10.8. The monoisotopic (exact) mass is 463 g/mol. The lowest BCUT2D eigenvalue weighted by Crippen LogP contribution is -2.40. The fraction of sp³-hybridized carbons (Fsp3) is 0.350. The Kier molecular flexibility index (Phi) is 5.44. The van der Waals surface area contributed by atoms with Gasteiger partial charge in [0.15, 0.2) is 3.92 Å². The van der Waals surface area contributed by atoms with Gasteiger partial charge in [0.1, 0.15) is 11.5 Å². The predicted octanol–water partition coefficient (Wildman–Crippen LogP) is 4.63. The summed E-state index contributed by atoms with van der Waals surface area (Å²) < 4.78 is 15.3. The Bertz CT molecular complexity index is 1040. The van der Waals surface area contributed by atoms with Gasteiger partial charge in [-0.05, 0) is 59.1 Å². The number of benzene rings is 1. The summed E-state index contributed by atoms with van der Waals surface area (Å²) in [4.78, 5) is 17.6. The third kappa shape index (κ3) is 4.09. The van der Waals surface area contributed by atoms with Crippen molar-refractivity contribution < 1.29 is 9.50 Å². The molecule has 2 aromatic heterocycles. The van der Waals surface area contributed by atoms with Gasteiger partial charge in [0.05, 0.1) is 22.7 Å². The van der Waals surface area contributed by atoms with E-state index < -0.39 is 5.60 Å². The van der Waals surface area contributed by atoms with E-state index in [2.05, 4.69) is 26.0 Å². The molecule has 8 heteroatoms. The number of hydrogen-bond acceptors (Lipinski definition) is 5. The lowest BCUT2D eigenvalue weighted by Gasteiger charge is -2.31. The van der Waals surface area contributed by atoms with E-state index in [1.165, 1.54) is 34.2 Å². The second kappa shape index (κ2) is 7.85. The average Bonchev–Trinajstić information content (AvgIpc) is 3.06. The van der Waals surface area contributed by atoms with Crippen molar-refractivity contribution in [2.24, 2.45) is 0 Å². The smallest absolute Gasteiger partial charge is 0.266 e. The number of aromatic nitrogens is 3. The first-order chi connectivity index (χ1) is 13.4. The van der Waals surface area contributed by atoms with Gasteiger partial charge < -0.3 is 5.11 Å². The van der Waals surface area contributed by atoms with E-state index in [1.807, 2.05) is 0 Å². The van der Waals surface area contributed by atoms with Crippen LogP contribution in [0.5, 0.6) is 0 Å². The molecule has 28 heavy (non-hydrogen) atoms. The van der Waals surface area contributed by atoms with Gasteiger partial charge in [-0.15, -0.1) is 11.3 Å². The Morgan fingerprint density at radius 3 is 2.57 bits per heavy atom. The van der Waals surface area contributed by atoms with Crippen LogP contribution in [0.2, 0.25) is 0 Å². The van der Waals surface area contributed by atoms with E-state index in [9.17, 15) is 14.3 Å². The van der Waals surface area contributed by atoms with Crippen LogP contribution >= 0.6 is 27.3 Å². The van der Waals surface area contributed by atoms with Crippen LogP contribution in [0.3, 0.4) is 0 Å². The Hall–Kier alpha value is -1.90. The zero-order valence-corrected chi connectivity index (χ0v) is 17.5. The minimum absolute atomic E-state index is 0.186. The van der Waals surface area contributed by atoms with E-state index in [0.717, 1.165) is 29.7 Å². The van der Waals surface area contributed by atoms with Gasteiger partial charge in [-0.2, -0.15) is 5.10 Å². The summed E-state index contributed by atoms with van der Waals surface area (Å²) >= 11 is 4.81. The summed E-state index contributed by atoms with van der Waals surface area (Å²) in [6, 6.07) is 9.24. The van der Waals surface area contributed by atoms with Crippen LogP contribution in [0.25, 0.3) is 21.8 Å². The van der Waals surface area contributed by atoms with Gasteiger partial charge in [0.25, 0.3) is 5.56 Å². The van der Waals surface area contributed by atoms with Gasteiger partial charge in [-0.3, -0.25) is 4.79 Å². The van der Waals surface area contributed by atoms with Crippen molar-refractivity contribution in [3.63, 3.8) is 0 Å². The van der Waals surface area contributed by atoms with Crippen LogP contribution in [0.4, 0.5) is 4.39 Å². The van der Waals surface area contributed by atoms with Gasteiger partial charge >= 0.3 is 0 Å². The first kappa shape index (κ1) is 19.4. The highest BCUT2D eigenvalue weighted by Gasteiger charge is 2.30. The number of rotatable bonds is 4. The molecule has 0 saturated heterocycles. The molecule has 3 aromatic rings. The van der Waals surface area contributed by atoms with Crippen molar-refractivity contribution in [3.05, 3.63) is 56.5 Å². The third-order valence-electron chi connectivity index (χ3n) is 5.05. The fourth-order valence-electron chi connectivity index (χ4n) is 3.60. The highest BCUT2D eigenvalue weighted by Crippen LogP contribution is 2.38. The maximum Gasteiger partial charge on any atom is 0.266 e. The van der Waals surface area contributed by atoms with Crippen LogP contribution in [0, 0.1) is 5.82 Å². The van der Waals surface area contributed by atoms with Crippen LogP contribution in [0.15, 0.2) is 45.1 Å². The predicted molar refractivity (Wildman–Crippen MR) is 111 cm³/mol. The number of halogens is 2. The maximum atomic E-state index is 13.3. The SMILES string of the molecule is O=c1ccc(-c2sc(Br)nc2-c2ccc(F)cc2)nn1CC1(O)CCCCC1. The van der Waals surface area contributed by atoms with E-state index in [0.29, 0.717) is 28.1 Å². The highest BCUT2D eigenvalue weighted by atomic mass is 79.9. The highest BCUT2D eigenvalue weighted by molar-refractivity contribution is 9.11. The third-order valence-corrected chi connectivity index (χ3v) is 6.58. The van der Waals surface area contributed by atoms with Crippen LogP contribution in [-0.2, 0) is 6.54 Å². The number of aliphatic hydroxyl groups is 1. The molecule has 2 heterocycles. The molecule has 0 bridgehead atoms. The number of thiazole rings is 1. The Morgan fingerprint density at radius 2 is 1.86 bits per heavy atom. The van der Waals surface area contributed by atoms with E-state index in [1.54, 1.807) is 18.2 Å². The molecular formula is C20H19BrFN3O2S. The standard InChI is InChI=1S/C20H19BrFN3O2S/c21-19-23-17(13-4-6-14(22)7-5-13)18(28-19)15-8-9-16(26)25(24-15)12-20(27)10-2-1-3-11-20/h4-9,27H,1-3,10-12H2. The van der Waals surface area contributed by atoms with Crippen molar-refractivity contribution in [3.8, 4) is 21.8 Å². The molecule has 1 aromatic carbocycles. The van der Waals surface area contributed by atoms with Crippen molar-refractivity contribution in [1.29, 1.82) is 0 Å². The van der Waals surface area contributed by atoms with Crippen molar-refractivity contribution in [2.75, 3.05) is 0 Å². The second-order valence-corrected chi connectivity index (χ2v) is 9.43. The molecule has 1 fully saturated rings. The summed E-state index contributed by atoms with van der Waals surface area (Å²) in [6.07, 6.45) is 4.39. The molecule has 5 nitrogen and oxygen atoms in total. The zero-order chi connectivity index (χ0) is 19.7. The van der Waals surface area contributed by atoms with Gasteiger partial charge in [-0.1, -0.05) is 19.3 Å². The normalized spacial score (nSPS) is 16.2. The molecular weight excluding hydrogens is 445 g/mol. The minimum atomic E-state index is -0.887. The van der Waals surface area contributed by atoms with Gasteiger partial charge in [0.2, 0.25) is 0 Å². The maximum absolute atomic E-state index is 13.3. The molecule has 4 rings (SSSR count). The molecule has 0 amide bonds. The molecule has 0 aliphatic heterocycles. The van der Waals surface area contributed by atoms with Gasteiger partial charge in [0, 0.05) is 11.6 Å². The summed E-state index contributed by atoms with van der Waals surface area (Å²) in [7, 11) is 0. The van der Waals surface area contributed by atoms with Crippen LogP contribution in [0.1, 0.15) is 32.1 Å². The van der Waals surface area contributed by atoms with Crippen LogP contribution < -0.4 is 5.56 Å². The first-order valence-electron chi connectivity index (χ1n) is 9.17. The topological polar surface area (TPSA) is 68.0 Å². The van der Waals surface area contributed by atoms with Gasteiger partial charge in [-0.25, -0.2) is 14.1 Å². The van der Waals surface area contributed by atoms with Crippen LogP contribution in [-0.4, -0.2) is 25.5 Å². The lowest BCUT2D eigenvalue weighted by molar-refractivity contribution is -0.0153.